The Labute approximate surface area is 191 Å². The lowest BCUT2D eigenvalue weighted by Gasteiger charge is -2.26. The number of anilines is 2. The van der Waals surface area contributed by atoms with Gasteiger partial charge < -0.3 is 24.8 Å². The molecule has 0 saturated heterocycles. The molecule has 5 rings (SSSR count). The first-order chi connectivity index (χ1) is 16.1. The maximum absolute atomic E-state index is 12.2. The fraction of sp³-hybridized carbons (Fsp3) is 0.320. The highest BCUT2D eigenvalue weighted by Gasteiger charge is 2.29. The normalized spacial score (nSPS) is 16.6. The van der Waals surface area contributed by atoms with Crippen molar-refractivity contribution in [3.63, 3.8) is 0 Å². The Balaban J connectivity index is 1.45. The van der Waals surface area contributed by atoms with Crippen LogP contribution in [0.4, 0.5) is 11.6 Å². The number of carbonyl (C=O) groups excluding carboxylic acids is 1. The zero-order chi connectivity index (χ0) is 22.8. The van der Waals surface area contributed by atoms with Crippen LogP contribution >= 0.6 is 0 Å². The van der Waals surface area contributed by atoms with Gasteiger partial charge in [-0.05, 0) is 37.1 Å². The number of nitrogens with one attached hydrogen (secondary N) is 2. The lowest BCUT2D eigenvalue weighted by Crippen LogP contribution is -2.32. The number of nitrogens with zero attached hydrogens (tertiary/aromatic N) is 2. The second kappa shape index (κ2) is 8.96. The third-order valence-electron chi connectivity index (χ3n) is 5.56. The highest BCUT2D eigenvalue weighted by molar-refractivity contribution is 5.99. The number of amides is 1. The number of pyridine rings is 2. The van der Waals surface area contributed by atoms with Crippen LogP contribution in [0.25, 0.3) is 10.8 Å². The van der Waals surface area contributed by atoms with Crippen LogP contribution in [-0.2, 0) is 9.53 Å². The van der Waals surface area contributed by atoms with E-state index < -0.39 is 0 Å². The molecular formula is C25H24N4O4. The second-order valence-corrected chi connectivity index (χ2v) is 8.07. The quantitative estimate of drug-likeness (QED) is 0.584. The molecular weight excluding hydrogens is 420 g/mol. The third-order valence-corrected chi connectivity index (χ3v) is 5.56. The summed E-state index contributed by atoms with van der Waals surface area (Å²) < 4.78 is 16.8. The van der Waals surface area contributed by atoms with Crippen LogP contribution in [0.15, 0.2) is 36.7 Å². The Hall–Kier alpha value is -3.83. The Kier molecular flexibility index (Phi) is 5.71. The minimum Gasteiger partial charge on any atom is -0.486 e. The van der Waals surface area contributed by atoms with Crippen molar-refractivity contribution in [2.45, 2.75) is 18.9 Å². The monoisotopic (exact) mass is 444 g/mol. The summed E-state index contributed by atoms with van der Waals surface area (Å²) in [4.78, 5) is 21.0. The zero-order valence-corrected chi connectivity index (χ0v) is 18.5. The molecule has 1 amide bonds. The summed E-state index contributed by atoms with van der Waals surface area (Å²) in [6.45, 7) is 0.905. The third kappa shape index (κ3) is 4.54. The number of benzene rings is 1. The van der Waals surface area contributed by atoms with Crippen LogP contribution in [0, 0.1) is 17.8 Å². The molecule has 8 nitrogen and oxygen atoms in total. The van der Waals surface area contributed by atoms with E-state index in [1.54, 1.807) is 19.5 Å². The number of carbonyl (C=O) groups is 1. The van der Waals surface area contributed by atoms with Gasteiger partial charge >= 0.3 is 0 Å². The van der Waals surface area contributed by atoms with Crippen LogP contribution in [-0.4, -0.2) is 49.4 Å². The number of hydrogen-bond acceptors (Lipinski definition) is 7. The SMILES string of the molecule is CNc1ncc(C#Cc2ccc3c(c2)OC[C@H](COC)O3)c2cc(NC(=O)C3CC3)ncc12. The number of hydrogen-bond donors (Lipinski definition) is 2. The molecule has 1 saturated carbocycles. The summed E-state index contributed by atoms with van der Waals surface area (Å²) in [6.07, 6.45) is 5.19. The molecule has 2 N–H and O–H groups in total. The van der Waals surface area contributed by atoms with E-state index in [1.165, 1.54) is 0 Å². The van der Waals surface area contributed by atoms with Crippen LogP contribution in [0.5, 0.6) is 11.5 Å². The number of aromatic nitrogens is 2. The van der Waals surface area contributed by atoms with Gasteiger partial charge in [0.1, 0.15) is 18.2 Å². The second-order valence-electron chi connectivity index (χ2n) is 8.07. The molecule has 3 heterocycles. The summed E-state index contributed by atoms with van der Waals surface area (Å²) in [7, 11) is 3.45. The first-order valence-electron chi connectivity index (χ1n) is 10.9. The van der Waals surface area contributed by atoms with Gasteiger partial charge in [-0.2, -0.15) is 0 Å². The van der Waals surface area contributed by atoms with Crippen molar-refractivity contribution in [1.29, 1.82) is 0 Å². The molecule has 1 fully saturated rings. The van der Waals surface area contributed by atoms with Gasteiger partial charge in [-0.1, -0.05) is 11.8 Å². The Morgan fingerprint density at radius 2 is 2.03 bits per heavy atom. The average molecular weight is 444 g/mol. The van der Waals surface area contributed by atoms with E-state index in [9.17, 15) is 4.79 Å². The molecule has 1 aliphatic heterocycles. The van der Waals surface area contributed by atoms with E-state index >= 15 is 0 Å². The van der Waals surface area contributed by atoms with Crippen molar-refractivity contribution in [2.24, 2.45) is 5.92 Å². The molecule has 1 aliphatic carbocycles. The first kappa shape index (κ1) is 21.0. The van der Waals surface area contributed by atoms with E-state index in [4.69, 9.17) is 14.2 Å². The van der Waals surface area contributed by atoms with Gasteiger partial charge in [0.25, 0.3) is 0 Å². The molecule has 0 spiro atoms. The predicted molar refractivity (Wildman–Crippen MR) is 125 cm³/mol. The maximum atomic E-state index is 12.2. The Morgan fingerprint density at radius 3 is 2.82 bits per heavy atom. The molecule has 0 radical (unpaired) electrons. The minimum atomic E-state index is -0.120. The molecule has 33 heavy (non-hydrogen) atoms. The molecule has 2 aliphatic rings. The van der Waals surface area contributed by atoms with Crippen molar-refractivity contribution < 1.29 is 19.0 Å². The number of methoxy groups -OCH3 is 1. The highest BCUT2D eigenvalue weighted by atomic mass is 16.6. The van der Waals surface area contributed by atoms with Gasteiger partial charge in [0.2, 0.25) is 5.91 Å². The van der Waals surface area contributed by atoms with Crippen LogP contribution in [0.1, 0.15) is 24.0 Å². The number of ether oxygens (including phenoxy) is 3. The summed E-state index contributed by atoms with van der Waals surface area (Å²) in [5.41, 5.74) is 1.54. The van der Waals surface area contributed by atoms with Gasteiger partial charge in [-0.25, -0.2) is 9.97 Å². The number of rotatable bonds is 5. The molecule has 3 aromatic rings. The minimum absolute atomic E-state index is 0.0152. The summed E-state index contributed by atoms with van der Waals surface area (Å²) in [5.74, 6) is 9.08. The average Bonchev–Trinajstić information content (AvgIpc) is 3.68. The maximum Gasteiger partial charge on any atom is 0.228 e. The Morgan fingerprint density at radius 1 is 1.15 bits per heavy atom. The largest absolute Gasteiger partial charge is 0.486 e. The topological polar surface area (TPSA) is 94.6 Å². The molecule has 168 valence electrons. The van der Waals surface area contributed by atoms with Crippen molar-refractivity contribution >= 4 is 28.3 Å². The summed E-state index contributed by atoms with van der Waals surface area (Å²) in [6, 6.07) is 7.47. The Bertz CT molecular complexity index is 1280. The van der Waals surface area contributed by atoms with Crippen LogP contribution in [0.2, 0.25) is 0 Å². The van der Waals surface area contributed by atoms with E-state index in [-0.39, 0.29) is 17.9 Å². The van der Waals surface area contributed by atoms with E-state index in [2.05, 4.69) is 32.4 Å². The number of fused-ring (bicyclic) bond motifs is 2. The molecule has 0 bridgehead atoms. The standard InChI is InChI=1S/C25H24N4O4/c1-26-24-20-12-27-23(29-25(30)16-6-7-16)10-19(20)17(11-28-24)5-3-15-4-8-21-22(9-15)32-14-18(33-21)13-31-2/h4,8-12,16,18H,6-7,13-14H2,1-2H3,(H,26,28)(H,27,29,30)/t18-/m0/s1. The lowest BCUT2D eigenvalue weighted by molar-refractivity contribution is -0.117. The molecule has 1 atom stereocenters. The van der Waals surface area contributed by atoms with E-state index in [1.807, 2.05) is 31.3 Å². The van der Waals surface area contributed by atoms with Crippen LogP contribution in [0.3, 0.4) is 0 Å². The van der Waals surface area contributed by atoms with Gasteiger partial charge in [-0.3, -0.25) is 4.79 Å². The van der Waals surface area contributed by atoms with Gasteiger partial charge in [-0.15, -0.1) is 0 Å². The van der Waals surface area contributed by atoms with Crippen LogP contribution < -0.4 is 20.1 Å². The van der Waals surface area contributed by atoms with Crippen molar-refractivity contribution in [1.82, 2.24) is 9.97 Å². The highest BCUT2D eigenvalue weighted by Crippen LogP contribution is 2.33. The molecule has 8 heteroatoms. The fourth-order valence-corrected chi connectivity index (χ4v) is 3.68. The van der Waals surface area contributed by atoms with E-state index in [0.717, 1.165) is 34.7 Å². The molecule has 0 unspecified atom stereocenters. The lowest BCUT2D eigenvalue weighted by atomic mass is 10.1. The fourth-order valence-electron chi connectivity index (χ4n) is 3.68. The van der Waals surface area contributed by atoms with Gasteiger partial charge in [0.05, 0.1) is 12.2 Å². The predicted octanol–water partition coefficient (Wildman–Crippen LogP) is 3.21. The summed E-state index contributed by atoms with van der Waals surface area (Å²) >= 11 is 0. The van der Waals surface area contributed by atoms with Gasteiger partial charge in [0.15, 0.2) is 17.6 Å². The first-order valence-corrected chi connectivity index (χ1v) is 10.9. The summed E-state index contributed by atoms with van der Waals surface area (Å²) in [5, 5.41) is 7.68. The zero-order valence-electron chi connectivity index (χ0n) is 18.5. The molecule has 2 aromatic heterocycles. The van der Waals surface area contributed by atoms with E-state index in [0.29, 0.717) is 36.3 Å². The van der Waals surface area contributed by atoms with Gasteiger partial charge in [0, 0.05) is 48.8 Å². The smallest absolute Gasteiger partial charge is 0.228 e. The van der Waals surface area contributed by atoms with Crippen molar-refractivity contribution in [2.75, 3.05) is 38.0 Å². The van der Waals surface area contributed by atoms with Crippen molar-refractivity contribution in [3.05, 3.63) is 47.8 Å². The molecule has 1 aromatic carbocycles. The van der Waals surface area contributed by atoms with Crippen molar-refractivity contribution in [3.8, 4) is 23.3 Å².